The fraction of sp³-hybridized carbons (Fsp3) is 0.269. The molecule has 3 heterocycles. The largest absolute Gasteiger partial charge is 0.341 e. The molecule has 0 radical (unpaired) electrons. The average Bonchev–Trinajstić information content (AvgIpc) is 3.47. The fourth-order valence-corrected chi connectivity index (χ4v) is 4.38. The van der Waals surface area contributed by atoms with Crippen molar-refractivity contribution in [2.75, 3.05) is 28.6 Å². The maximum atomic E-state index is 12.8. The SMILES string of the molecule is Cc1cc(Nc2ccc(NC(=O)C(C)N3C(=O)c4ccccc4C3=O)cc2)nc(N2CCCC2)n1. The summed E-state index contributed by atoms with van der Waals surface area (Å²) in [5, 5.41) is 6.08. The van der Waals surface area contributed by atoms with E-state index in [1.807, 2.05) is 25.1 Å². The van der Waals surface area contributed by atoms with E-state index >= 15 is 0 Å². The molecule has 2 aliphatic rings. The van der Waals surface area contributed by atoms with Crippen molar-refractivity contribution >= 4 is 40.9 Å². The molecule has 5 rings (SSSR count). The van der Waals surface area contributed by atoms with Crippen LogP contribution in [0.25, 0.3) is 0 Å². The molecule has 1 saturated heterocycles. The topological polar surface area (TPSA) is 108 Å². The van der Waals surface area contributed by atoms with Crippen LogP contribution < -0.4 is 15.5 Å². The fourth-order valence-electron chi connectivity index (χ4n) is 4.38. The second-order valence-electron chi connectivity index (χ2n) is 8.78. The Labute approximate surface area is 203 Å². The first kappa shape index (κ1) is 22.5. The number of anilines is 4. The van der Waals surface area contributed by atoms with Gasteiger partial charge in [-0.2, -0.15) is 4.98 Å². The molecule has 1 aromatic heterocycles. The lowest BCUT2D eigenvalue weighted by Crippen LogP contribution is -2.45. The number of hydrogen-bond acceptors (Lipinski definition) is 7. The van der Waals surface area contributed by atoms with Crippen LogP contribution in [0, 0.1) is 6.92 Å². The molecule has 0 spiro atoms. The summed E-state index contributed by atoms with van der Waals surface area (Å²) in [6, 6.07) is 14.7. The number of fused-ring (bicyclic) bond motifs is 1. The van der Waals surface area contributed by atoms with Gasteiger partial charge in [-0.25, -0.2) is 4.98 Å². The molecule has 1 atom stereocenters. The van der Waals surface area contributed by atoms with E-state index in [0.29, 0.717) is 22.6 Å². The zero-order valence-electron chi connectivity index (χ0n) is 19.6. The lowest BCUT2D eigenvalue weighted by Gasteiger charge is -2.21. The third-order valence-corrected chi connectivity index (χ3v) is 6.25. The Morgan fingerprint density at radius 2 is 1.51 bits per heavy atom. The number of amides is 3. The van der Waals surface area contributed by atoms with Crippen LogP contribution in [0.5, 0.6) is 0 Å². The molecule has 1 fully saturated rings. The Morgan fingerprint density at radius 1 is 0.914 bits per heavy atom. The highest BCUT2D eigenvalue weighted by molar-refractivity contribution is 6.23. The van der Waals surface area contributed by atoms with Crippen LogP contribution >= 0.6 is 0 Å². The standard InChI is InChI=1S/C26H26N6O3/c1-16-15-22(30-26(27-16)31-13-5-6-14-31)28-18-9-11-19(12-10-18)29-23(33)17(2)32-24(34)20-7-3-4-8-21(20)25(32)35/h3-4,7-12,15,17H,5-6,13-14H2,1-2H3,(H,29,33)(H,27,28,30). The minimum Gasteiger partial charge on any atom is -0.341 e. The minimum absolute atomic E-state index is 0.320. The van der Waals surface area contributed by atoms with Crippen molar-refractivity contribution in [3.05, 3.63) is 71.4 Å². The highest BCUT2D eigenvalue weighted by Crippen LogP contribution is 2.26. The molecule has 3 aromatic rings. The van der Waals surface area contributed by atoms with Crippen molar-refractivity contribution in [3.8, 4) is 0 Å². The first-order valence-electron chi connectivity index (χ1n) is 11.7. The zero-order valence-corrected chi connectivity index (χ0v) is 19.6. The maximum absolute atomic E-state index is 12.8. The number of aromatic nitrogens is 2. The molecule has 1 unspecified atom stereocenters. The summed E-state index contributed by atoms with van der Waals surface area (Å²) >= 11 is 0. The van der Waals surface area contributed by atoms with Gasteiger partial charge in [0, 0.05) is 36.2 Å². The zero-order chi connectivity index (χ0) is 24.5. The van der Waals surface area contributed by atoms with E-state index in [1.165, 1.54) is 0 Å². The monoisotopic (exact) mass is 470 g/mol. The first-order valence-corrected chi connectivity index (χ1v) is 11.7. The van der Waals surface area contributed by atoms with Gasteiger partial charge in [-0.3, -0.25) is 19.3 Å². The van der Waals surface area contributed by atoms with E-state index in [1.54, 1.807) is 43.3 Å². The molecular formula is C26H26N6O3. The van der Waals surface area contributed by atoms with Gasteiger partial charge in [-0.1, -0.05) is 12.1 Å². The van der Waals surface area contributed by atoms with Crippen molar-refractivity contribution in [3.63, 3.8) is 0 Å². The lowest BCUT2D eigenvalue weighted by molar-refractivity contribution is -0.119. The quantitative estimate of drug-likeness (QED) is 0.528. The number of aryl methyl sites for hydroxylation is 1. The molecule has 0 aliphatic carbocycles. The molecule has 2 aromatic carbocycles. The Kier molecular flexibility index (Phi) is 5.90. The van der Waals surface area contributed by atoms with Crippen LogP contribution in [-0.4, -0.2) is 51.7 Å². The van der Waals surface area contributed by atoms with Gasteiger partial charge in [0.1, 0.15) is 11.9 Å². The summed E-state index contributed by atoms with van der Waals surface area (Å²) in [6.45, 7) is 5.43. The van der Waals surface area contributed by atoms with Crippen molar-refractivity contribution in [1.82, 2.24) is 14.9 Å². The van der Waals surface area contributed by atoms with Crippen LogP contribution in [0.2, 0.25) is 0 Å². The van der Waals surface area contributed by atoms with E-state index in [0.717, 1.165) is 48.2 Å². The Balaban J connectivity index is 1.24. The number of hydrogen-bond donors (Lipinski definition) is 2. The number of benzene rings is 2. The van der Waals surface area contributed by atoms with E-state index in [4.69, 9.17) is 0 Å². The van der Waals surface area contributed by atoms with E-state index in [9.17, 15) is 14.4 Å². The summed E-state index contributed by atoms with van der Waals surface area (Å²) in [6.07, 6.45) is 2.30. The van der Waals surface area contributed by atoms with Gasteiger partial charge in [-0.15, -0.1) is 0 Å². The van der Waals surface area contributed by atoms with Crippen LogP contribution in [0.15, 0.2) is 54.6 Å². The van der Waals surface area contributed by atoms with Crippen molar-refractivity contribution < 1.29 is 14.4 Å². The maximum Gasteiger partial charge on any atom is 0.262 e. The summed E-state index contributed by atoms with van der Waals surface area (Å²) < 4.78 is 0. The molecule has 9 nitrogen and oxygen atoms in total. The molecule has 2 aliphatic heterocycles. The number of carbonyl (C=O) groups excluding carboxylic acids is 3. The Morgan fingerprint density at radius 3 is 2.14 bits per heavy atom. The normalized spacial score (nSPS) is 15.8. The minimum atomic E-state index is -0.951. The molecule has 9 heteroatoms. The average molecular weight is 471 g/mol. The number of nitrogens with one attached hydrogen (secondary N) is 2. The Bertz CT molecular complexity index is 1270. The molecular weight excluding hydrogens is 444 g/mol. The van der Waals surface area contributed by atoms with Crippen LogP contribution in [0.1, 0.15) is 46.2 Å². The van der Waals surface area contributed by atoms with Gasteiger partial charge in [-0.05, 0) is 63.1 Å². The second-order valence-corrected chi connectivity index (χ2v) is 8.78. The van der Waals surface area contributed by atoms with Gasteiger partial charge in [0.2, 0.25) is 11.9 Å². The van der Waals surface area contributed by atoms with Crippen molar-refractivity contribution in [2.45, 2.75) is 32.7 Å². The lowest BCUT2D eigenvalue weighted by atomic mass is 10.1. The number of rotatable bonds is 6. The predicted molar refractivity (Wildman–Crippen MR) is 133 cm³/mol. The number of imide groups is 1. The molecule has 0 saturated carbocycles. The summed E-state index contributed by atoms with van der Waals surface area (Å²) in [5.74, 6) is 0.0795. The van der Waals surface area contributed by atoms with Gasteiger partial charge in [0.15, 0.2) is 0 Å². The van der Waals surface area contributed by atoms with E-state index < -0.39 is 23.8 Å². The van der Waals surface area contributed by atoms with Gasteiger partial charge in [0.05, 0.1) is 11.1 Å². The molecule has 178 valence electrons. The third-order valence-electron chi connectivity index (χ3n) is 6.25. The highest BCUT2D eigenvalue weighted by Gasteiger charge is 2.40. The summed E-state index contributed by atoms with van der Waals surface area (Å²) in [4.78, 5) is 50.5. The third kappa shape index (κ3) is 4.44. The smallest absolute Gasteiger partial charge is 0.262 e. The summed E-state index contributed by atoms with van der Waals surface area (Å²) in [7, 11) is 0. The van der Waals surface area contributed by atoms with Crippen molar-refractivity contribution in [2.24, 2.45) is 0 Å². The predicted octanol–water partition coefficient (Wildman–Crippen LogP) is 3.75. The second kappa shape index (κ2) is 9.17. The van der Waals surface area contributed by atoms with Gasteiger partial charge in [0.25, 0.3) is 11.8 Å². The molecule has 3 amide bonds. The van der Waals surface area contributed by atoms with Crippen LogP contribution in [0.3, 0.4) is 0 Å². The molecule has 35 heavy (non-hydrogen) atoms. The van der Waals surface area contributed by atoms with Gasteiger partial charge < -0.3 is 15.5 Å². The van der Waals surface area contributed by atoms with Crippen LogP contribution in [-0.2, 0) is 4.79 Å². The molecule has 2 N–H and O–H groups in total. The Hall–Kier alpha value is -4.27. The number of carbonyl (C=O) groups is 3. The highest BCUT2D eigenvalue weighted by atomic mass is 16.2. The van der Waals surface area contributed by atoms with E-state index in [-0.39, 0.29) is 0 Å². The molecule has 0 bridgehead atoms. The number of nitrogens with zero attached hydrogens (tertiary/aromatic N) is 4. The van der Waals surface area contributed by atoms with Crippen LogP contribution in [0.4, 0.5) is 23.1 Å². The van der Waals surface area contributed by atoms with E-state index in [2.05, 4.69) is 25.5 Å². The first-order chi connectivity index (χ1) is 16.9. The van der Waals surface area contributed by atoms with Gasteiger partial charge >= 0.3 is 0 Å². The van der Waals surface area contributed by atoms with Crippen molar-refractivity contribution in [1.29, 1.82) is 0 Å². The summed E-state index contributed by atoms with van der Waals surface area (Å²) in [5.41, 5.74) is 2.89.